The van der Waals surface area contributed by atoms with Crippen LogP contribution in [0.3, 0.4) is 0 Å². The number of oxime groups is 1. The lowest BCUT2D eigenvalue weighted by Crippen LogP contribution is -2.12. The minimum Gasteiger partial charge on any atom is -0.489 e. The van der Waals surface area contributed by atoms with Gasteiger partial charge in [-0.15, -0.1) is 0 Å². The highest BCUT2D eigenvalue weighted by Crippen LogP contribution is 2.18. The minimum absolute atomic E-state index is 0.00649. The lowest BCUT2D eigenvalue weighted by molar-refractivity contribution is 0.305. The van der Waals surface area contributed by atoms with Gasteiger partial charge < -0.3 is 15.7 Å². The first-order valence-electron chi connectivity index (χ1n) is 5.75. The van der Waals surface area contributed by atoms with E-state index in [4.69, 9.17) is 27.3 Å². The van der Waals surface area contributed by atoms with Crippen LogP contribution in [0, 0.1) is 5.82 Å². The summed E-state index contributed by atoms with van der Waals surface area (Å²) in [5, 5.41) is 11.6. The van der Waals surface area contributed by atoms with Gasteiger partial charge in [-0.1, -0.05) is 35.0 Å². The van der Waals surface area contributed by atoms with Crippen molar-refractivity contribution in [1.29, 1.82) is 0 Å². The van der Waals surface area contributed by atoms with Gasteiger partial charge in [-0.2, -0.15) is 0 Å². The highest BCUT2D eigenvalue weighted by atomic mass is 35.5. The van der Waals surface area contributed by atoms with Crippen LogP contribution in [0.4, 0.5) is 4.39 Å². The van der Waals surface area contributed by atoms with Gasteiger partial charge in [0.15, 0.2) is 5.84 Å². The van der Waals surface area contributed by atoms with Crippen molar-refractivity contribution in [3.8, 4) is 5.75 Å². The van der Waals surface area contributed by atoms with Crippen LogP contribution in [0.5, 0.6) is 5.75 Å². The number of hydrogen-bond acceptors (Lipinski definition) is 3. The van der Waals surface area contributed by atoms with Gasteiger partial charge >= 0.3 is 0 Å². The summed E-state index contributed by atoms with van der Waals surface area (Å²) in [5.41, 5.74) is 6.68. The molecule has 0 aromatic heterocycles. The Labute approximate surface area is 120 Å². The average Bonchev–Trinajstić information content (AvgIpc) is 2.48. The van der Waals surface area contributed by atoms with Crippen molar-refractivity contribution in [2.24, 2.45) is 10.9 Å². The first-order valence-corrected chi connectivity index (χ1v) is 6.12. The molecule has 0 unspecified atom stereocenters. The molecule has 2 aromatic rings. The zero-order valence-corrected chi connectivity index (χ0v) is 11.1. The van der Waals surface area contributed by atoms with Crippen molar-refractivity contribution < 1.29 is 14.3 Å². The molecule has 0 bridgehead atoms. The standard InChI is InChI=1S/C14H12ClFN2O2/c15-12-5-4-9(6-13(12)16)8-20-11-3-1-2-10(7-11)14(17)18-19/h1-7,19H,8H2,(H2,17,18). The van der Waals surface area contributed by atoms with E-state index in [1.165, 1.54) is 12.1 Å². The van der Waals surface area contributed by atoms with Crippen LogP contribution in [0.2, 0.25) is 5.02 Å². The van der Waals surface area contributed by atoms with E-state index < -0.39 is 5.82 Å². The average molecular weight is 295 g/mol. The van der Waals surface area contributed by atoms with Gasteiger partial charge in [-0.05, 0) is 29.8 Å². The molecule has 2 aromatic carbocycles. The second-order valence-corrected chi connectivity index (χ2v) is 4.46. The Morgan fingerprint density at radius 3 is 2.80 bits per heavy atom. The molecule has 104 valence electrons. The van der Waals surface area contributed by atoms with E-state index in [0.29, 0.717) is 16.9 Å². The van der Waals surface area contributed by atoms with Crippen molar-refractivity contribution in [1.82, 2.24) is 0 Å². The number of nitrogens with zero attached hydrogens (tertiary/aromatic N) is 1. The van der Waals surface area contributed by atoms with Crippen molar-refractivity contribution in [3.63, 3.8) is 0 Å². The van der Waals surface area contributed by atoms with Crippen LogP contribution >= 0.6 is 11.6 Å². The number of rotatable bonds is 4. The first-order chi connectivity index (χ1) is 9.60. The fourth-order valence-corrected chi connectivity index (χ4v) is 1.72. The third kappa shape index (κ3) is 3.39. The summed E-state index contributed by atoms with van der Waals surface area (Å²) < 4.78 is 18.8. The summed E-state index contributed by atoms with van der Waals surface area (Å²) in [5.74, 6) is 0.0376. The van der Waals surface area contributed by atoms with E-state index >= 15 is 0 Å². The summed E-state index contributed by atoms with van der Waals surface area (Å²) in [4.78, 5) is 0. The van der Waals surface area contributed by atoms with Crippen molar-refractivity contribution in [2.45, 2.75) is 6.61 Å². The summed E-state index contributed by atoms with van der Waals surface area (Å²) >= 11 is 5.60. The maximum atomic E-state index is 13.3. The Morgan fingerprint density at radius 1 is 1.30 bits per heavy atom. The predicted octanol–water partition coefficient (Wildman–Crippen LogP) is 3.15. The van der Waals surface area contributed by atoms with E-state index in [0.717, 1.165) is 0 Å². The van der Waals surface area contributed by atoms with E-state index in [-0.39, 0.29) is 17.5 Å². The maximum Gasteiger partial charge on any atom is 0.170 e. The van der Waals surface area contributed by atoms with Gasteiger partial charge in [0, 0.05) is 5.56 Å². The molecule has 0 aliphatic heterocycles. The largest absolute Gasteiger partial charge is 0.489 e. The molecule has 0 heterocycles. The second kappa shape index (κ2) is 6.25. The Balaban J connectivity index is 2.09. The molecule has 0 aliphatic rings. The Bertz CT molecular complexity index is 647. The summed E-state index contributed by atoms with van der Waals surface area (Å²) in [6.07, 6.45) is 0. The quantitative estimate of drug-likeness (QED) is 0.394. The molecule has 4 nitrogen and oxygen atoms in total. The van der Waals surface area contributed by atoms with Gasteiger partial charge in [-0.25, -0.2) is 4.39 Å². The third-order valence-electron chi connectivity index (χ3n) is 2.63. The molecule has 0 saturated carbocycles. The van der Waals surface area contributed by atoms with Crippen molar-refractivity contribution >= 4 is 17.4 Å². The number of ether oxygens (including phenoxy) is 1. The van der Waals surface area contributed by atoms with Gasteiger partial charge in [0.2, 0.25) is 0 Å². The molecule has 0 amide bonds. The SMILES string of the molecule is N/C(=N/O)c1cccc(OCc2ccc(Cl)c(F)c2)c1. The normalized spacial score (nSPS) is 11.4. The Morgan fingerprint density at radius 2 is 2.10 bits per heavy atom. The number of amidine groups is 1. The van der Waals surface area contributed by atoms with Gasteiger partial charge in [0.25, 0.3) is 0 Å². The van der Waals surface area contributed by atoms with Gasteiger partial charge in [0.1, 0.15) is 18.2 Å². The predicted molar refractivity (Wildman–Crippen MR) is 74.7 cm³/mol. The maximum absolute atomic E-state index is 13.3. The molecule has 6 heteroatoms. The first kappa shape index (κ1) is 14.1. The Kier molecular flexibility index (Phi) is 4.42. The highest BCUT2D eigenvalue weighted by molar-refractivity contribution is 6.30. The molecule has 0 spiro atoms. The van der Waals surface area contributed by atoms with Crippen molar-refractivity contribution in [2.75, 3.05) is 0 Å². The monoisotopic (exact) mass is 294 g/mol. The summed E-state index contributed by atoms with van der Waals surface area (Å²) in [7, 11) is 0. The van der Waals surface area contributed by atoms with Gasteiger partial charge in [0.05, 0.1) is 5.02 Å². The molecule has 0 saturated heterocycles. The molecular formula is C14H12ClFN2O2. The van der Waals surface area contributed by atoms with E-state index in [1.807, 2.05) is 0 Å². The van der Waals surface area contributed by atoms with E-state index in [1.54, 1.807) is 30.3 Å². The molecule has 3 N–H and O–H groups in total. The lowest BCUT2D eigenvalue weighted by atomic mass is 10.2. The lowest BCUT2D eigenvalue weighted by Gasteiger charge is -2.08. The van der Waals surface area contributed by atoms with Crippen molar-refractivity contribution in [3.05, 3.63) is 64.4 Å². The number of benzene rings is 2. The smallest absolute Gasteiger partial charge is 0.170 e. The highest BCUT2D eigenvalue weighted by Gasteiger charge is 2.04. The van der Waals surface area contributed by atoms with Crippen LogP contribution in [0.25, 0.3) is 0 Å². The summed E-state index contributed by atoms with van der Waals surface area (Å²) in [6, 6.07) is 11.2. The molecule has 20 heavy (non-hydrogen) atoms. The van der Waals surface area contributed by atoms with Crippen LogP contribution in [-0.2, 0) is 6.61 Å². The molecule has 0 aliphatic carbocycles. The van der Waals surface area contributed by atoms with Crippen LogP contribution in [0.15, 0.2) is 47.6 Å². The molecule has 0 atom stereocenters. The van der Waals surface area contributed by atoms with E-state index in [2.05, 4.69) is 5.16 Å². The molecular weight excluding hydrogens is 283 g/mol. The molecule has 0 fully saturated rings. The van der Waals surface area contributed by atoms with E-state index in [9.17, 15) is 4.39 Å². The minimum atomic E-state index is -0.488. The summed E-state index contributed by atoms with van der Waals surface area (Å²) in [6.45, 7) is 0.188. The van der Waals surface area contributed by atoms with Gasteiger partial charge in [-0.3, -0.25) is 0 Å². The Hall–Kier alpha value is -2.27. The fraction of sp³-hybridized carbons (Fsp3) is 0.0714. The van der Waals surface area contributed by atoms with Crippen LogP contribution < -0.4 is 10.5 Å². The second-order valence-electron chi connectivity index (χ2n) is 4.05. The van der Waals surface area contributed by atoms with Crippen LogP contribution in [0.1, 0.15) is 11.1 Å². The number of nitrogens with two attached hydrogens (primary N) is 1. The number of hydrogen-bond donors (Lipinski definition) is 2. The van der Waals surface area contributed by atoms with Crippen LogP contribution in [-0.4, -0.2) is 11.0 Å². The third-order valence-corrected chi connectivity index (χ3v) is 2.93. The zero-order valence-electron chi connectivity index (χ0n) is 10.4. The fourth-order valence-electron chi connectivity index (χ4n) is 1.60. The zero-order chi connectivity index (χ0) is 14.5. The molecule has 0 radical (unpaired) electrons. The molecule has 2 rings (SSSR count). The topological polar surface area (TPSA) is 67.8 Å². The number of halogens is 2.